The van der Waals surface area contributed by atoms with Gasteiger partial charge in [-0.2, -0.15) is 0 Å². The number of H-pyrrole nitrogens is 1. The van der Waals surface area contributed by atoms with Crippen LogP contribution in [0, 0.1) is 6.92 Å². The van der Waals surface area contributed by atoms with Crippen LogP contribution in [0.3, 0.4) is 0 Å². The Labute approximate surface area is 103 Å². The first-order chi connectivity index (χ1) is 8.40. The number of aromatic nitrogens is 2. The van der Waals surface area contributed by atoms with Gasteiger partial charge in [-0.25, -0.2) is 4.79 Å². The van der Waals surface area contributed by atoms with Gasteiger partial charge in [0.2, 0.25) is 0 Å². The zero-order valence-corrected chi connectivity index (χ0v) is 10.3. The molecular weight excluding hydrogens is 238 g/mol. The summed E-state index contributed by atoms with van der Waals surface area (Å²) in [6, 6.07) is -0.339. The Morgan fingerprint density at radius 1 is 1.61 bits per heavy atom. The molecule has 1 fully saturated rings. The molecule has 2 heterocycles. The lowest BCUT2D eigenvalue weighted by Crippen LogP contribution is -2.38. The van der Waals surface area contributed by atoms with Crippen molar-refractivity contribution in [2.24, 2.45) is 5.73 Å². The third kappa shape index (κ3) is 2.24. The van der Waals surface area contributed by atoms with Crippen LogP contribution in [0.5, 0.6) is 0 Å². The minimum absolute atomic E-state index is 0.339. The fourth-order valence-electron chi connectivity index (χ4n) is 2.16. The van der Waals surface area contributed by atoms with Crippen LogP contribution >= 0.6 is 0 Å². The highest BCUT2D eigenvalue weighted by molar-refractivity contribution is 5.02. The van der Waals surface area contributed by atoms with Crippen molar-refractivity contribution in [1.29, 1.82) is 0 Å². The Kier molecular flexibility index (Phi) is 3.38. The van der Waals surface area contributed by atoms with Crippen molar-refractivity contribution >= 4 is 0 Å². The maximum atomic E-state index is 11.7. The standard InChI is InChI=1S/C11H17N3O4/c1-5-4-14(11(17)13-10(5)16)8-3-7(12)9(18-8)6(2)15/h4,6-9,15H,3,12H2,1-2H3,(H,13,16,17)/t6-,7+,8-,9-/m0/s1. The first kappa shape index (κ1) is 13.0. The summed E-state index contributed by atoms with van der Waals surface area (Å²) in [6.07, 6.45) is 0.102. The Balaban J connectivity index is 2.32. The number of hydrogen-bond donors (Lipinski definition) is 3. The molecule has 100 valence electrons. The first-order valence-electron chi connectivity index (χ1n) is 5.81. The number of nitrogens with two attached hydrogens (primary N) is 1. The summed E-state index contributed by atoms with van der Waals surface area (Å²) < 4.78 is 6.87. The summed E-state index contributed by atoms with van der Waals surface area (Å²) in [6.45, 7) is 3.20. The summed E-state index contributed by atoms with van der Waals surface area (Å²) in [7, 11) is 0. The van der Waals surface area contributed by atoms with Crippen LogP contribution in [0.2, 0.25) is 0 Å². The number of aromatic amines is 1. The smallest absolute Gasteiger partial charge is 0.330 e. The van der Waals surface area contributed by atoms with E-state index < -0.39 is 29.7 Å². The Morgan fingerprint density at radius 3 is 2.83 bits per heavy atom. The van der Waals surface area contributed by atoms with Crippen LogP contribution in [-0.2, 0) is 4.74 Å². The van der Waals surface area contributed by atoms with E-state index in [0.29, 0.717) is 12.0 Å². The second-order valence-corrected chi connectivity index (χ2v) is 4.67. The van der Waals surface area contributed by atoms with Crippen LogP contribution in [-0.4, -0.2) is 32.9 Å². The van der Waals surface area contributed by atoms with Crippen LogP contribution < -0.4 is 17.0 Å². The van der Waals surface area contributed by atoms with E-state index >= 15 is 0 Å². The van der Waals surface area contributed by atoms with Gasteiger partial charge in [-0.3, -0.25) is 14.3 Å². The van der Waals surface area contributed by atoms with Crippen LogP contribution in [0.25, 0.3) is 0 Å². The molecule has 0 spiro atoms. The number of nitrogens with one attached hydrogen (secondary N) is 1. The van der Waals surface area contributed by atoms with Gasteiger partial charge < -0.3 is 15.6 Å². The van der Waals surface area contributed by atoms with E-state index in [-0.39, 0.29) is 6.04 Å². The van der Waals surface area contributed by atoms with E-state index in [1.165, 1.54) is 10.8 Å². The topological polar surface area (TPSA) is 110 Å². The maximum Gasteiger partial charge on any atom is 0.330 e. The molecule has 0 amide bonds. The lowest BCUT2D eigenvalue weighted by molar-refractivity contribution is -0.0575. The Hall–Kier alpha value is -1.44. The summed E-state index contributed by atoms with van der Waals surface area (Å²) in [5, 5.41) is 9.51. The SMILES string of the molecule is Cc1cn([C@@H]2C[C@@H](N)[C@H]([C@H](C)O)O2)c(=O)[nH]c1=O. The Morgan fingerprint density at radius 2 is 2.28 bits per heavy atom. The monoisotopic (exact) mass is 255 g/mol. The van der Waals surface area contributed by atoms with E-state index in [4.69, 9.17) is 10.5 Å². The summed E-state index contributed by atoms with van der Waals surface area (Å²) in [4.78, 5) is 25.2. The Bertz CT molecular complexity index is 548. The van der Waals surface area contributed by atoms with E-state index in [2.05, 4.69) is 4.98 Å². The molecule has 0 bridgehead atoms. The number of aliphatic hydroxyl groups excluding tert-OH is 1. The minimum Gasteiger partial charge on any atom is -0.391 e. The van der Waals surface area contributed by atoms with Gasteiger partial charge in [0, 0.05) is 24.2 Å². The molecule has 1 aromatic rings. The molecule has 0 aliphatic carbocycles. The van der Waals surface area contributed by atoms with E-state index in [9.17, 15) is 14.7 Å². The lowest BCUT2D eigenvalue weighted by Gasteiger charge is -2.18. The zero-order chi connectivity index (χ0) is 13.4. The molecule has 1 aliphatic rings. The van der Waals surface area contributed by atoms with Crippen molar-refractivity contribution in [1.82, 2.24) is 9.55 Å². The fourth-order valence-corrected chi connectivity index (χ4v) is 2.16. The van der Waals surface area contributed by atoms with Gasteiger partial charge in [0.25, 0.3) is 5.56 Å². The van der Waals surface area contributed by atoms with Gasteiger partial charge in [-0.05, 0) is 13.8 Å². The van der Waals surface area contributed by atoms with Crippen molar-refractivity contribution in [2.45, 2.75) is 44.7 Å². The van der Waals surface area contributed by atoms with Gasteiger partial charge in [0.05, 0.1) is 6.10 Å². The average Bonchev–Trinajstić information content (AvgIpc) is 2.65. The van der Waals surface area contributed by atoms with Crippen LogP contribution in [0.1, 0.15) is 25.1 Å². The molecule has 0 aromatic carbocycles. The van der Waals surface area contributed by atoms with Crippen LogP contribution in [0.4, 0.5) is 0 Å². The van der Waals surface area contributed by atoms with Crippen molar-refractivity contribution in [3.8, 4) is 0 Å². The quantitative estimate of drug-likeness (QED) is 0.617. The minimum atomic E-state index is -0.704. The molecule has 2 rings (SSSR count). The molecule has 4 atom stereocenters. The van der Waals surface area contributed by atoms with E-state index in [1.807, 2.05) is 0 Å². The molecule has 7 heteroatoms. The second-order valence-electron chi connectivity index (χ2n) is 4.67. The normalized spacial score (nSPS) is 29.4. The molecule has 0 unspecified atom stereocenters. The van der Waals surface area contributed by atoms with Crippen molar-refractivity contribution in [3.05, 3.63) is 32.6 Å². The zero-order valence-electron chi connectivity index (χ0n) is 10.3. The van der Waals surface area contributed by atoms with Gasteiger partial charge >= 0.3 is 5.69 Å². The van der Waals surface area contributed by atoms with Gasteiger partial charge in [0.15, 0.2) is 0 Å². The molecule has 4 N–H and O–H groups in total. The highest BCUT2D eigenvalue weighted by atomic mass is 16.5. The lowest BCUT2D eigenvalue weighted by atomic mass is 10.1. The van der Waals surface area contributed by atoms with Crippen molar-refractivity contribution in [2.75, 3.05) is 0 Å². The third-order valence-corrected chi connectivity index (χ3v) is 3.14. The summed E-state index contributed by atoms with van der Waals surface area (Å²) in [5.41, 5.74) is 5.33. The number of hydrogen-bond acceptors (Lipinski definition) is 5. The highest BCUT2D eigenvalue weighted by Gasteiger charge is 2.37. The number of ether oxygens (including phenoxy) is 1. The predicted molar refractivity (Wildman–Crippen MR) is 64.2 cm³/mol. The van der Waals surface area contributed by atoms with Crippen LogP contribution in [0.15, 0.2) is 15.8 Å². The summed E-state index contributed by atoms with van der Waals surface area (Å²) in [5.74, 6) is 0. The molecule has 7 nitrogen and oxygen atoms in total. The van der Waals surface area contributed by atoms with Crippen molar-refractivity contribution in [3.63, 3.8) is 0 Å². The molecule has 0 radical (unpaired) electrons. The van der Waals surface area contributed by atoms with E-state index in [1.54, 1.807) is 13.8 Å². The molecule has 18 heavy (non-hydrogen) atoms. The first-order valence-corrected chi connectivity index (χ1v) is 5.81. The summed E-state index contributed by atoms with van der Waals surface area (Å²) >= 11 is 0. The molecule has 1 saturated heterocycles. The molecular formula is C11H17N3O4. The van der Waals surface area contributed by atoms with Gasteiger partial charge in [0.1, 0.15) is 12.3 Å². The molecule has 1 aliphatic heterocycles. The van der Waals surface area contributed by atoms with Crippen molar-refractivity contribution < 1.29 is 9.84 Å². The second kappa shape index (κ2) is 4.68. The third-order valence-electron chi connectivity index (χ3n) is 3.14. The number of aryl methyl sites for hydroxylation is 1. The number of rotatable bonds is 2. The largest absolute Gasteiger partial charge is 0.391 e. The fraction of sp³-hybridized carbons (Fsp3) is 0.636. The molecule has 0 saturated carbocycles. The number of nitrogens with zero attached hydrogens (tertiary/aromatic N) is 1. The van der Waals surface area contributed by atoms with E-state index in [0.717, 1.165) is 0 Å². The molecule has 1 aromatic heterocycles. The van der Waals surface area contributed by atoms with Gasteiger partial charge in [-0.15, -0.1) is 0 Å². The highest BCUT2D eigenvalue weighted by Crippen LogP contribution is 2.28. The maximum absolute atomic E-state index is 11.7. The predicted octanol–water partition coefficient (Wildman–Crippen LogP) is -1.16. The number of aliphatic hydroxyl groups is 1. The average molecular weight is 255 g/mol. The van der Waals surface area contributed by atoms with Gasteiger partial charge in [-0.1, -0.05) is 0 Å².